The van der Waals surface area contributed by atoms with E-state index in [-0.39, 0.29) is 12.4 Å². The number of benzene rings is 1. The van der Waals surface area contributed by atoms with Gasteiger partial charge in [0.1, 0.15) is 23.6 Å². The molecule has 3 heterocycles. The van der Waals surface area contributed by atoms with Crippen LogP contribution in [-0.4, -0.2) is 39.1 Å². The minimum absolute atomic E-state index is 0.167. The van der Waals surface area contributed by atoms with Gasteiger partial charge >= 0.3 is 13.5 Å². The summed E-state index contributed by atoms with van der Waals surface area (Å²) >= 11 is 0. The highest BCUT2D eigenvalue weighted by Gasteiger charge is 2.60. The van der Waals surface area contributed by atoms with Gasteiger partial charge in [-0.3, -0.25) is 23.4 Å². The number of H-pyrrole nitrogens is 1. The molecular formula is C16H17N2O8P. The van der Waals surface area contributed by atoms with Crippen molar-refractivity contribution in [1.29, 1.82) is 0 Å². The zero-order valence-corrected chi connectivity index (χ0v) is 15.1. The standard InChI is InChI=1S/C16H17N2O8P/c1-16(21)13-11(24-14(16)18-8-7-12(19)17-15(18)20)9-23-27(22,26-13)25-10-5-3-2-4-6-10/h2-8,11,13-14,21H,9H2,1H3,(H,17,19,20)/t11-,13+,14-,16?,27?/m1/s1. The Hall–Kier alpha value is -2.23. The molecule has 2 saturated heterocycles. The molecule has 10 nitrogen and oxygen atoms in total. The van der Waals surface area contributed by atoms with E-state index >= 15 is 0 Å². The monoisotopic (exact) mass is 396 g/mol. The van der Waals surface area contributed by atoms with Crippen LogP contribution < -0.4 is 15.8 Å². The molecular weight excluding hydrogens is 379 g/mol. The third kappa shape index (κ3) is 3.26. The fraction of sp³-hybridized carbons (Fsp3) is 0.375. The number of hydrogen-bond donors (Lipinski definition) is 2. The van der Waals surface area contributed by atoms with E-state index in [1.165, 1.54) is 13.1 Å². The van der Waals surface area contributed by atoms with Crippen LogP contribution in [0.3, 0.4) is 0 Å². The summed E-state index contributed by atoms with van der Waals surface area (Å²) in [7, 11) is -4.01. The molecule has 2 aliphatic heterocycles. The molecule has 2 aromatic rings. The number of hydrogen-bond acceptors (Lipinski definition) is 8. The molecule has 0 amide bonds. The molecule has 1 aromatic heterocycles. The maximum absolute atomic E-state index is 12.8. The largest absolute Gasteiger partial charge is 0.530 e. The molecule has 2 fully saturated rings. The quantitative estimate of drug-likeness (QED) is 0.729. The second-order valence-corrected chi connectivity index (χ2v) is 7.99. The van der Waals surface area contributed by atoms with Crippen LogP contribution in [0.5, 0.6) is 5.75 Å². The first-order valence-electron chi connectivity index (χ1n) is 8.15. The van der Waals surface area contributed by atoms with E-state index in [1.807, 2.05) is 0 Å². The number of phosphoric ester groups is 1. The average Bonchev–Trinajstić information content (AvgIpc) is 2.86. The SMILES string of the molecule is CC1(O)[C@H]2OP(=O)(Oc3ccccc3)OC[C@H]2O[C@H]1n1ccc(=O)[nH]c1=O. The van der Waals surface area contributed by atoms with Gasteiger partial charge in [-0.25, -0.2) is 9.36 Å². The van der Waals surface area contributed by atoms with Crippen LogP contribution >= 0.6 is 7.82 Å². The molecule has 0 spiro atoms. The van der Waals surface area contributed by atoms with Crippen molar-refractivity contribution in [3.8, 4) is 5.75 Å². The predicted molar refractivity (Wildman–Crippen MR) is 91.4 cm³/mol. The van der Waals surface area contributed by atoms with Gasteiger partial charge in [0.05, 0.1) is 6.61 Å². The van der Waals surface area contributed by atoms with Crippen molar-refractivity contribution in [2.24, 2.45) is 0 Å². The van der Waals surface area contributed by atoms with Gasteiger partial charge in [0.2, 0.25) is 0 Å². The van der Waals surface area contributed by atoms with E-state index in [1.54, 1.807) is 30.3 Å². The molecule has 144 valence electrons. The molecule has 1 aromatic carbocycles. The van der Waals surface area contributed by atoms with Crippen molar-refractivity contribution < 1.29 is 28.0 Å². The van der Waals surface area contributed by atoms with Crippen molar-refractivity contribution in [2.45, 2.75) is 31.0 Å². The first-order valence-corrected chi connectivity index (χ1v) is 9.61. The van der Waals surface area contributed by atoms with Gasteiger partial charge < -0.3 is 14.4 Å². The van der Waals surface area contributed by atoms with Crippen LogP contribution in [0.15, 0.2) is 52.2 Å². The van der Waals surface area contributed by atoms with Gasteiger partial charge in [-0.05, 0) is 19.1 Å². The van der Waals surface area contributed by atoms with Gasteiger partial charge in [0, 0.05) is 12.3 Å². The summed E-state index contributed by atoms with van der Waals surface area (Å²) in [5.74, 6) is 0.284. The highest BCUT2D eigenvalue weighted by atomic mass is 31.2. The Morgan fingerprint density at radius 2 is 2.04 bits per heavy atom. The summed E-state index contributed by atoms with van der Waals surface area (Å²) in [6, 6.07) is 9.46. The number of fused-ring (bicyclic) bond motifs is 1. The average molecular weight is 396 g/mol. The van der Waals surface area contributed by atoms with Crippen molar-refractivity contribution in [3.05, 3.63) is 63.4 Å². The van der Waals surface area contributed by atoms with Crippen molar-refractivity contribution in [1.82, 2.24) is 9.55 Å². The Bertz CT molecular complexity index is 1000. The summed E-state index contributed by atoms with van der Waals surface area (Å²) in [4.78, 5) is 25.4. The maximum atomic E-state index is 12.8. The Labute approximate surface area is 152 Å². The summed E-state index contributed by atoms with van der Waals surface area (Å²) in [6.45, 7) is 1.22. The van der Waals surface area contributed by atoms with Crippen LogP contribution in [0.2, 0.25) is 0 Å². The summed E-state index contributed by atoms with van der Waals surface area (Å²) in [5.41, 5.74) is -3.07. The normalized spacial score (nSPS) is 35.6. The lowest BCUT2D eigenvalue weighted by Gasteiger charge is -2.34. The fourth-order valence-corrected chi connectivity index (χ4v) is 4.64. The zero-order chi connectivity index (χ0) is 19.2. The van der Waals surface area contributed by atoms with Crippen LogP contribution in [0.1, 0.15) is 13.2 Å². The summed E-state index contributed by atoms with van der Waals surface area (Å²) < 4.78 is 35.6. The van der Waals surface area contributed by atoms with E-state index in [4.69, 9.17) is 18.3 Å². The van der Waals surface area contributed by atoms with Crippen molar-refractivity contribution in [3.63, 3.8) is 0 Å². The van der Waals surface area contributed by atoms with Gasteiger partial charge in [0.25, 0.3) is 5.56 Å². The predicted octanol–water partition coefficient (Wildman–Crippen LogP) is 0.787. The second kappa shape index (κ2) is 6.43. The molecule has 2 N–H and O–H groups in total. The molecule has 0 bridgehead atoms. The number of nitrogens with zero attached hydrogens (tertiary/aromatic N) is 1. The van der Waals surface area contributed by atoms with Gasteiger partial charge in [-0.1, -0.05) is 18.2 Å². The first kappa shape index (κ1) is 18.1. The number of rotatable bonds is 3. The minimum Gasteiger partial charge on any atom is -0.404 e. The van der Waals surface area contributed by atoms with Crippen LogP contribution in [0.4, 0.5) is 0 Å². The Morgan fingerprint density at radius 3 is 2.74 bits per heavy atom. The van der Waals surface area contributed by atoms with E-state index in [0.717, 1.165) is 10.6 Å². The highest BCUT2D eigenvalue weighted by Crippen LogP contribution is 2.58. The number of aromatic nitrogens is 2. The Kier molecular flexibility index (Phi) is 4.32. The maximum Gasteiger partial charge on any atom is 0.530 e. The van der Waals surface area contributed by atoms with Crippen LogP contribution in [0.25, 0.3) is 0 Å². The second-order valence-electron chi connectivity index (χ2n) is 6.44. The molecule has 4 rings (SSSR count). The van der Waals surface area contributed by atoms with Crippen LogP contribution in [-0.2, 0) is 18.3 Å². The zero-order valence-electron chi connectivity index (χ0n) is 14.2. The Morgan fingerprint density at radius 1 is 1.30 bits per heavy atom. The Balaban J connectivity index is 1.61. The van der Waals surface area contributed by atoms with E-state index < -0.39 is 43.1 Å². The summed E-state index contributed by atoms with van der Waals surface area (Å²) in [6.07, 6.45) is -1.84. The fourth-order valence-electron chi connectivity index (χ4n) is 3.14. The number of aromatic amines is 1. The lowest BCUT2D eigenvalue weighted by molar-refractivity contribution is -0.0933. The number of aliphatic hydroxyl groups is 1. The smallest absolute Gasteiger partial charge is 0.404 e. The molecule has 0 radical (unpaired) electrons. The topological polar surface area (TPSA) is 129 Å². The number of phosphoric acid groups is 1. The molecule has 2 aliphatic rings. The lowest BCUT2D eigenvalue weighted by Crippen LogP contribution is -2.49. The molecule has 27 heavy (non-hydrogen) atoms. The van der Waals surface area contributed by atoms with Crippen molar-refractivity contribution in [2.75, 3.05) is 6.61 Å². The number of ether oxygens (including phenoxy) is 1. The molecule has 0 aliphatic carbocycles. The van der Waals surface area contributed by atoms with E-state index in [9.17, 15) is 19.3 Å². The van der Waals surface area contributed by atoms with Crippen LogP contribution in [0, 0.1) is 0 Å². The summed E-state index contributed by atoms with van der Waals surface area (Å²) in [5, 5.41) is 11.0. The third-order valence-corrected chi connectivity index (χ3v) is 5.81. The third-order valence-electron chi connectivity index (χ3n) is 4.42. The van der Waals surface area contributed by atoms with E-state index in [2.05, 4.69) is 4.98 Å². The minimum atomic E-state index is -4.01. The molecule has 11 heteroatoms. The molecule has 5 atom stereocenters. The number of nitrogens with one attached hydrogen (secondary N) is 1. The van der Waals surface area contributed by atoms with Gasteiger partial charge in [0.15, 0.2) is 6.23 Å². The van der Waals surface area contributed by atoms with Gasteiger partial charge in [-0.15, -0.1) is 0 Å². The first-order chi connectivity index (χ1) is 12.8. The highest BCUT2D eigenvalue weighted by molar-refractivity contribution is 7.49. The van der Waals surface area contributed by atoms with Crippen molar-refractivity contribution >= 4 is 7.82 Å². The number of para-hydroxylation sites is 1. The lowest BCUT2D eigenvalue weighted by atomic mass is 9.96. The molecule has 2 unspecified atom stereocenters. The molecule has 0 saturated carbocycles. The van der Waals surface area contributed by atoms with E-state index in [0.29, 0.717) is 0 Å². The van der Waals surface area contributed by atoms with Gasteiger partial charge in [-0.2, -0.15) is 0 Å².